The fraction of sp³-hybridized carbons (Fsp3) is 0.800. The Morgan fingerprint density at radius 2 is 1.68 bits per heavy atom. The van der Waals surface area contributed by atoms with Crippen molar-refractivity contribution in [2.24, 2.45) is 10.8 Å². The molecule has 0 atom stereocenters. The second-order valence-electron chi connectivity index (χ2n) is 6.78. The molecular weight excluding hydrogens is 240 g/mol. The largest absolute Gasteiger partial charge is 0.281 e. The van der Waals surface area contributed by atoms with E-state index in [4.69, 9.17) is 5.26 Å². The van der Waals surface area contributed by atoms with Crippen molar-refractivity contribution in [1.29, 1.82) is 5.26 Å². The number of hydrogen-bond acceptors (Lipinski definition) is 3. The molecule has 19 heavy (non-hydrogen) atoms. The number of likely N-dealkylation sites (tertiary alicyclic amines) is 1. The van der Waals surface area contributed by atoms with Gasteiger partial charge in [0.2, 0.25) is 11.8 Å². The highest BCUT2D eigenvalue weighted by atomic mass is 16.2. The summed E-state index contributed by atoms with van der Waals surface area (Å²) in [5.74, 6) is -0.164. The Bertz CT molecular complexity index is 408. The van der Waals surface area contributed by atoms with E-state index in [1.165, 1.54) is 11.3 Å². The molecule has 1 saturated heterocycles. The number of carbonyl (C=O) groups is 2. The summed E-state index contributed by atoms with van der Waals surface area (Å²) >= 11 is 0. The molecule has 0 aromatic carbocycles. The molecule has 1 aliphatic heterocycles. The number of imide groups is 1. The van der Waals surface area contributed by atoms with E-state index in [0.717, 1.165) is 25.7 Å². The average molecular weight is 262 g/mol. The summed E-state index contributed by atoms with van der Waals surface area (Å²) in [5.41, 5.74) is -0.734. The van der Waals surface area contributed by atoms with Crippen LogP contribution in [0.15, 0.2) is 0 Å². The molecule has 2 amide bonds. The van der Waals surface area contributed by atoms with Crippen LogP contribution in [0.2, 0.25) is 0 Å². The predicted octanol–water partition coefficient (Wildman–Crippen LogP) is 2.64. The lowest BCUT2D eigenvalue weighted by Gasteiger charge is -2.43. The van der Waals surface area contributed by atoms with Crippen molar-refractivity contribution in [3.8, 4) is 6.07 Å². The fourth-order valence-electron chi connectivity index (χ4n) is 3.30. The number of hydrogen-bond donors (Lipinski definition) is 0. The van der Waals surface area contributed by atoms with E-state index >= 15 is 0 Å². The molecule has 2 fully saturated rings. The summed E-state index contributed by atoms with van der Waals surface area (Å²) in [5, 5.41) is 9.04. The van der Waals surface area contributed by atoms with Crippen LogP contribution in [-0.4, -0.2) is 23.3 Å². The molecule has 1 spiro atoms. The molecule has 2 aliphatic rings. The maximum atomic E-state index is 12.3. The third-order valence-corrected chi connectivity index (χ3v) is 4.42. The first-order valence-corrected chi connectivity index (χ1v) is 7.12. The van der Waals surface area contributed by atoms with Gasteiger partial charge >= 0.3 is 0 Å². The third-order valence-electron chi connectivity index (χ3n) is 4.42. The van der Waals surface area contributed by atoms with Gasteiger partial charge in [0, 0.05) is 19.4 Å². The van der Waals surface area contributed by atoms with Gasteiger partial charge in [-0.05, 0) is 32.1 Å². The quantitative estimate of drug-likeness (QED) is 0.719. The molecule has 0 bridgehead atoms. The molecule has 0 aromatic heterocycles. The van der Waals surface area contributed by atoms with Crippen LogP contribution < -0.4 is 0 Å². The predicted molar refractivity (Wildman–Crippen MR) is 70.9 cm³/mol. The zero-order valence-corrected chi connectivity index (χ0v) is 11.9. The third kappa shape index (κ3) is 2.97. The molecule has 0 aromatic rings. The molecule has 0 unspecified atom stereocenters. The van der Waals surface area contributed by atoms with Crippen LogP contribution in [0.5, 0.6) is 0 Å². The summed E-state index contributed by atoms with van der Waals surface area (Å²) in [7, 11) is 0. The highest BCUT2D eigenvalue weighted by molar-refractivity contribution is 5.98. The van der Waals surface area contributed by atoms with E-state index in [1.54, 1.807) is 13.8 Å². The van der Waals surface area contributed by atoms with Gasteiger partial charge in [0.25, 0.3) is 0 Å². The van der Waals surface area contributed by atoms with Gasteiger partial charge < -0.3 is 0 Å². The zero-order valence-electron chi connectivity index (χ0n) is 11.9. The van der Waals surface area contributed by atoms with Gasteiger partial charge in [-0.15, -0.1) is 0 Å². The SMILES string of the molecule is CC(C)(C#N)CN1C(=O)CC2(CCCCC2)CC1=O. The second-order valence-corrected chi connectivity index (χ2v) is 6.78. The van der Waals surface area contributed by atoms with Crippen LogP contribution in [-0.2, 0) is 9.59 Å². The molecule has 4 heteroatoms. The molecule has 0 N–H and O–H groups in total. The highest BCUT2D eigenvalue weighted by Gasteiger charge is 2.45. The van der Waals surface area contributed by atoms with Gasteiger partial charge in [0.05, 0.1) is 11.5 Å². The molecule has 2 rings (SSSR count). The molecule has 1 aliphatic carbocycles. The van der Waals surface area contributed by atoms with E-state index in [1.807, 2.05) is 0 Å². The van der Waals surface area contributed by atoms with Crippen molar-refractivity contribution in [3.05, 3.63) is 0 Å². The van der Waals surface area contributed by atoms with Crippen molar-refractivity contribution in [2.45, 2.75) is 58.8 Å². The summed E-state index contributed by atoms with van der Waals surface area (Å²) in [6, 6.07) is 2.15. The van der Waals surface area contributed by atoms with Crippen LogP contribution in [0.1, 0.15) is 58.8 Å². The smallest absolute Gasteiger partial charge is 0.229 e. The molecule has 1 heterocycles. The van der Waals surface area contributed by atoms with E-state index in [2.05, 4.69) is 6.07 Å². The van der Waals surface area contributed by atoms with E-state index < -0.39 is 5.41 Å². The van der Waals surface area contributed by atoms with Crippen molar-refractivity contribution in [1.82, 2.24) is 4.90 Å². The van der Waals surface area contributed by atoms with Crippen LogP contribution in [0.4, 0.5) is 0 Å². The molecule has 1 saturated carbocycles. The van der Waals surface area contributed by atoms with Crippen molar-refractivity contribution >= 4 is 11.8 Å². The van der Waals surface area contributed by atoms with Crippen LogP contribution >= 0.6 is 0 Å². The Morgan fingerprint density at radius 3 is 2.16 bits per heavy atom. The summed E-state index contributed by atoms with van der Waals surface area (Å²) in [6.07, 6.45) is 6.45. The maximum Gasteiger partial charge on any atom is 0.229 e. The van der Waals surface area contributed by atoms with E-state index in [0.29, 0.717) is 12.8 Å². The molecular formula is C15H22N2O2. The van der Waals surface area contributed by atoms with Crippen LogP contribution in [0.3, 0.4) is 0 Å². The molecule has 104 valence electrons. The van der Waals surface area contributed by atoms with Crippen molar-refractivity contribution < 1.29 is 9.59 Å². The average Bonchev–Trinajstić information content (AvgIpc) is 2.35. The normalized spacial score (nSPS) is 23.5. The van der Waals surface area contributed by atoms with E-state index in [-0.39, 0.29) is 23.8 Å². The first-order valence-electron chi connectivity index (χ1n) is 7.12. The van der Waals surface area contributed by atoms with Crippen molar-refractivity contribution in [3.63, 3.8) is 0 Å². The number of carbonyl (C=O) groups excluding carboxylic acids is 2. The number of amides is 2. The standard InChI is InChI=1S/C15H22N2O2/c1-14(2,10-16)11-17-12(18)8-15(9-13(17)19)6-4-3-5-7-15/h3-9,11H2,1-2H3. The molecule has 4 nitrogen and oxygen atoms in total. The number of piperidine rings is 1. The van der Waals surface area contributed by atoms with Crippen LogP contribution in [0, 0.1) is 22.2 Å². The summed E-state index contributed by atoms with van der Waals surface area (Å²) in [4.78, 5) is 25.8. The minimum atomic E-state index is -0.664. The lowest BCUT2D eigenvalue weighted by Crippen LogP contribution is -2.51. The van der Waals surface area contributed by atoms with Gasteiger partial charge in [-0.1, -0.05) is 19.3 Å². The maximum absolute atomic E-state index is 12.3. The van der Waals surface area contributed by atoms with Crippen LogP contribution in [0.25, 0.3) is 0 Å². The first kappa shape index (κ1) is 14.0. The number of nitriles is 1. The first-order chi connectivity index (χ1) is 8.87. The summed E-state index contributed by atoms with van der Waals surface area (Å²) in [6.45, 7) is 3.74. The highest BCUT2D eigenvalue weighted by Crippen LogP contribution is 2.45. The second kappa shape index (κ2) is 4.96. The Hall–Kier alpha value is -1.37. The number of rotatable bonds is 2. The minimum Gasteiger partial charge on any atom is -0.281 e. The van der Waals surface area contributed by atoms with E-state index in [9.17, 15) is 9.59 Å². The topological polar surface area (TPSA) is 61.2 Å². The Kier molecular flexibility index (Phi) is 3.66. The van der Waals surface area contributed by atoms with Crippen molar-refractivity contribution in [2.75, 3.05) is 6.54 Å². The Morgan fingerprint density at radius 1 is 1.16 bits per heavy atom. The van der Waals surface area contributed by atoms with Gasteiger partial charge in [0.1, 0.15) is 0 Å². The van der Waals surface area contributed by atoms with Gasteiger partial charge in [-0.3, -0.25) is 14.5 Å². The monoisotopic (exact) mass is 262 g/mol. The van der Waals surface area contributed by atoms with Gasteiger partial charge in [0.15, 0.2) is 0 Å². The summed E-state index contributed by atoms with van der Waals surface area (Å²) < 4.78 is 0. The minimum absolute atomic E-state index is 0.0697. The zero-order chi connectivity index (χ0) is 14.1. The van der Waals surface area contributed by atoms with Gasteiger partial charge in [-0.25, -0.2) is 0 Å². The fourth-order valence-corrected chi connectivity index (χ4v) is 3.30. The van der Waals surface area contributed by atoms with Gasteiger partial charge in [-0.2, -0.15) is 5.26 Å². The lowest BCUT2D eigenvalue weighted by atomic mass is 9.67. The Labute approximate surface area is 114 Å². The molecule has 0 radical (unpaired) electrons. The number of nitrogens with zero attached hydrogens (tertiary/aromatic N) is 2. The Balaban J connectivity index is 2.09. The lowest BCUT2D eigenvalue weighted by molar-refractivity contribution is -0.155.